The molecule has 168 valence electrons. The average molecular weight is 452 g/mol. The van der Waals surface area contributed by atoms with E-state index in [-0.39, 0.29) is 52.7 Å². The van der Waals surface area contributed by atoms with Gasteiger partial charge in [-0.25, -0.2) is 9.18 Å². The number of benzene rings is 1. The van der Waals surface area contributed by atoms with Crippen molar-refractivity contribution in [1.82, 2.24) is 9.88 Å². The Kier molecular flexibility index (Phi) is 5.31. The van der Waals surface area contributed by atoms with E-state index >= 15 is 4.39 Å². The summed E-state index contributed by atoms with van der Waals surface area (Å²) in [4.78, 5) is 24.4. The quantitative estimate of drug-likeness (QED) is 0.659. The smallest absolute Gasteiger partial charge is 0.341 e. The molecule has 5 rings (SSSR count). The van der Waals surface area contributed by atoms with E-state index < -0.39 is 17.2 Å². The highest BCUT2D eigenvalue weighted by Crippen LogP contribution is 2.66. The summed E-state index contributed by atoms with van der Waals surface area (Å²) in [6.45, 7) is 3.63. The van der Waals surface area contributed by atoms with Crippen LogP contribution in [0, 0.1) is 17.2 Å². The van der Waals surface area contributed by atoms with Gasteiger partial charge in [0.2, 0.25) is 5.43 Å². The number of rotatable bonds is 4. The molecule has 0 bridgehead atoms. The van der Waals surface area contributed by atoms with Gasteiger partial charge in [-0.1, -0.05) is 6.92 Å². The van der Waals surface area contributed by atoms with Gasteiger partial charge in [-0.3, -0.25) is 4.79 Å². The number of nitrogens with one attached hydrogen (secondary N) is 1. The lowest BCUT2D eigenvalue weighted by Gasteiger charge is -2.36. The topological polar surface area (TPSA) is 107 Å². The van der Waals surface area contributed by atoms with Crippen molar-refractivity contribution < 1.29 is 19.0 Å². The predicted molar refractivity (Wildman–Crippen MR) is 117 cm³/mol. The molecule has 0 radical (unpaired) electrons. The Bertz CT molecular complexity index is 1130. The maximum absolute atomic E-state index is 15.5. The maximum atomic E-state index is 15.5. The third-order valence-corrected chi connectivity index (χ3v) is 7.48. The highest BCUT2D eigenvalue weighted by molar-refractivity contribution is 5.95. The van der Waals surface area contributed by atoms with Crippen molar-refractivity contribution in [3.8, 4) is 5.75 Å². The third-order valence-electron chi connectivity index (χ3n) is 7.48. The van der Waals surface area contributed by atoms with Crippen LogP contribution >= 0.6 is 12.4 Å². The number of carboxylic acids is 1. The number of hydrogen-bond donors (Lipinski definition) is 3. The second-order valence-electron chi connectivity index (χ2n) is 9.09. The molecule has 1 aromatic carbocycles. The minimum absolute atomic E-state index is 0. The molecule has 4 atom stereocenters. The number of piperidine rings is 1. The van der Waals surface area contributed by atoms with Gasteiger partial charge in [0.15, 0.2) is 0 Å². The Balaban J connectivity index is 0.00000231. The van der Waals surface area contributed by atoms with Crippen molar-refractivity contribution in [3.05, 3.63) is 39.4 Å². The molecule has 3 unspecified atom stereocenters. The van der Waals surface area contributed by atoms with Crippen LogP contribution in [0.2, 0.25) is 0 Å². The molecule has 1 saturated heterocycles. The molecule has 1 spiro atoms. The molecular formula is C22H27ClFN3O4. The average Bonchev–Trinajstić information content (AvgIpc) is 3.62. The van der Waals surface area contributed by atoms with Crippen LogP contribution in [-0.2, 0) is 0 Å². The van der Waals surface area contributed by atoms with Crippen molar-refractivity contribution in [2.24, 2.45) is 17.1 Å². The maximum Gasteiger partial charge on any atom is 0.341 e. The number of halogens is 2. The van der Waals surface area contributed by atoms with E-state index in [1.807, 2.05) is 0 Å². The van der Waals surface area contributed by atoms with E-state index in [1.165, 1.54) is 19.4 Å². The third kappa shape index (κ3) is 3.15. The number of aromatic carboxylic acids is 1. The van der Waals surface area contributed by atoms with Crippen LogP contribution in [-0.4, -0.2) is 41.9 Å². The van der Waals surface area contributed by atoms with Gasteiger partial charge in [0, 0.05) is 36.9 Å². The van der Waals surface area contributed by atoms with Crippen molar-refractivity contribution >= 4 is 29.3 Å². The molecule has 3 fully saturated rings. The monoisotopic (exact) mass is 451 g/mol. The minimum Gasteiger partial charge on any atom is -0.494 e. The Morgan fingerprint density at radius 1 is 1.42 bits per heavy atom. The van der Waals surface area contributed by atoms with Crippen LogP contribution in [0.25, 0.3) is 10.9 Å². The predicted octanol–water partition coefficient (Wildman–Crippen LogP) is 2.64. The first-order valence-corrected chi connectivity index (χ1v) is 10.4. The number of methoxy groups -OCH3 is 1. The Morgan fingerprint density at radius 3 is 2.74 bits per heavy atom. The standard InChI is InChI=1S/C22H26FN3O4.ClH/c1-10-16(24)7-25-9-22(10)6-14(22)17-15(23)5-12-18(20(17)30-2)26(11-3-4-11)8-13(19(12)27)21(28)29;/h5,8,10-11,14,16,25H,3-4,6-7,9,24H2,1-2H3,(H,28,29);1H/t10-,14?,16?,22?;/m0./s1. The fraction of sp³-hybridized carbons (Fsp3) is 0.545. The highest BCUT2D eigenvalue weighted by atomic mass is 35.5. The summed E-state index contributed by atoms with van der Waals surface area (Å²) >= 11 is 0. The molecule has 31 heavy (non-hydrogen) atoms. The second-order valence-corrected chi connectivity index (χ2v) is 9.09. The van der Waals surface area contributed by atoms with E-state index in [4.69, 9.17) is 10.5 Å². The van der Waals surface area contributed by atoms with E-state index in [1.54, 1.807) is 4.57 Å². The van der Waals surface area contributed by atoms with Crippen LogP contribution in [0.1, 0.15) is 54.1 Å². The fourth-order valence-electron chi connectivity index (χ4n) is 5.44. The van der Waals surface area contributed by atoms with Crippen molar-refractivity contribution in [2.75, 3.05) is 20.2 Å². The van der Waals surface area contributed by atoms with Crippen LogP contribution in [0.15, 0.2) is 17.1 Å². The zero-order chi connectivity index (χ0) is 21.4. The van der Waals surface area contributed by atoms with Crippen LogP contribution in [0.4, 0.5) is 4.39 Å². The summed E-state index contributed by atoms with van der Waals surface area (Å²) in [5, 5.41) is 12.9. The van der Waals surface area contributed by atoms with Gasteiger partial charge < -0.3 is 25.5 Å². The zero-order valence-corrected chi connectivity index (χ0v) is 18.3. The molecule has 1 aromatic heterocycles. The van der Waals surface area contributed by atoms with Crippen molar-refractivity contribution in [2.45, 2.75) is 44.2 Å². The molecule has 1 aliphatic heterocycles. The summed E-state index contributed by atoms with van der Waals surface area (Å²) in [6.07, 6.45) is 3.96. The first-order valence-electron chi connectivity index (χ1n) is 10.4. The van der Waals surface area contributed by atoms with Crippen LogP contribution in [0.3, 0.4) is 0 Å². The number of fused-ring (bicyclic) bond motifs is 1. The van der Waals surface area contributed by atoms with E-state index in [0.717, 1.165) is 32.4 Å². The van der Waals surface area contributed by atoms with Crippen LogP contribution < -0.4 is 21.2 Å². The molecule has 2 saturated carbocycles. The molecule has 7 nitrogen and oxygen atoms in total. The SMILES string of the molecule is COc1c(C2CC23CNCC(N)[C@@H]3C)c(F)cc2c(=O)c(C(=O)O)cn(C3CC3)c12.Cl. The zero-order valence-electron chi connectivity index (χ0n) is 17.5. The summed E-state index contributed by atoms with van der Waals surface area (Å²) in [6, 6.07) is 1.30. The number of hydrogen-bond acceptors (Lipinski definition) is 5. The number of aromatic nitrogens is 1. The van der Waals surface area contributed by atoms with E-state index in [9.17, 15) is 14.7 Å². The van der Waals surface area contributed by atoms with Gasteiger partial charge in [0.1, 0.15) is 17.1 Å². The lowest BCUT2D eigenvalue weighted by molar-refractivity contribution is 0.0695. The lowest BCUT2D eigenvalue weighted by Crippen LogP contribution is -2.51. The van der Waals surface area contributed by atoms with Gasteiger partial charge in [-0.15, -0.1) is 12.4 Å². The number of pyridine rings is 1. The number of nitrogens with zero attached hydrogens (tertiary/aromatic N) is 1. The fourth-order valence-corrected chi connectivity index (χ4v) is 5.44. The molecule has 2 aromatic rings. The highest BCUT2D eigenvalue weighted by Gasteiger charge is 2.61. The molecular weight excluding hydrogens is 425 g/mol. The number of nitrogens with two attached hydrogens (primary N) is 1. The molecule has 4 N–H and O–H groups in total. The molecule has 2 aliphatic carbocycles. The molecule has 0 amide bonds. The first-order chi connectivity index (χ1) is 14.3. The van der Waals surface area contributed by atoms with Crippen molar-refractivity contribution in [3.63, 3.8) is 0 Å². The molecule has 9 heteroatoms. The van der Waals surface area contributed by atoms with E-state index in [0.29, 0.717) is 16.8 Å². The Hall–Kier alpha value is -2.16. The molecule has 2 heterocycles. The summed E-state index contributed by atoms with van der Waals surface area (Å²) < 4.78 is 23.0. The summed E-state index contributed by atoms with van der Waals surface area (Å²) in [5.41, 5.74) is 6.09. The number of carbonyl (C=O) groups is 1. The second kappa shape index (κ2) is 7.46. The van der Waals surface area contributed by atoms with Gasteiger partial charge in [-0.2, -0.15) is 0 Å². The minimum atomic E-state index is -1.31. The number of carboxylic acid groups (broad SMARTS) is 1. The summed E-state index contributed by atoms with van der Waals surface area (Å²) in [7, 11) is 1.48. The molecule has 3 aliphatic rings. The summed E-state index contributed by atoms with van der Waals surface area (Å²) in [5.74, 6) is -1.32. The Labute approximate surface area is 185 Å². The lowest BCUT2D eigenvalue weighted by atomic mass is 9.78. The van der Waals surface area contributed by atoms with Crippen molar-refractivity contribution in [1.29, 1.82) is 0 Å². The van der Waals surface area contributed by atoms with Crippen LogP contribution in [0.5, 0.6) is 5.75 Å². The van der Waals surface area contributed by atoms with Gasteiger partial charge in [0.05, 0.1) is 18.0 Å². The largest absolute Gasteiger partial charge is 0.494 e. The van der Waals surface area contributed by atoms with E-state index in [2.05, 4.69) is 12.2 Å². The number of ether oxygens (including phenoxy) is 1. The first kappa shape index (κ1) is 22.0. The van der Waals surface area contributed by atoms with Gasteiger partial charge in [-0.05, 0) is 42.6 Å². The van der Waals surface area contributed by atoms with Gasteiger partial charge in [0.25, 0.3) is 0 Å². The Morgan fingerprint density at radius 2 is 2.13 bits per heavy atom. The normalized spacial score (nSPS) is 29.6. The van der Waals surface area contributed by atoms with Gasteiger partial charge >= 0.3 is 5.97 Å².